The zero-order valence-electron chi connectivity index (χ0n) is 17.3. The third kappa shape index (κ3) is 5.00. The van der Waals surface area contributed by atoms with Gasteiger partial charge in [-0.05, 0) is 66.2 Å². The number of aromatic nitrogens is 3. The molecule has 170 valence electrons. The van der Waals surface area contributed by atoms with Gasteiger partial charge in [0, 0.05) is 11.8 Å². The Hall–Kier alpha value is -4.21. The van der Waals surface area contributed by atoms with E-state index in [1.807, 2.05) is 30.3 Å². The van der Waals surface area contributed by atoms with Crippen LogP contribution in [0.5, 0.6) is 17.4 Å². The molecule has 0 saturated heterocycles. The van der Waals surface area contributed by atoms with E-state index in [4.69, 9.17) is 4.74 Å². The SMILES string of the molecule is COc1ccc(-c2cc(Cn3cc(O)n(-c4ccc(OC(F)(F)F)cc4)c3=O)ccn2)cc1. The van der Waals surface area contributed by atoms with E-state index in [2.05, 4.69) is 9.72 Å². The fourth-order valence-electron chi connectivity index (χ4n) is 3.32. The number of hydrogen-bond donors (Lipinski definition) is 1. The van der Waals surface area contributed by atoms with Crippen LogP contribution in [-0.4, -0.2) is 32.7 Å². The van der Waals surface area contributed by atoms with Gasteiger partial charge < -0.3 is 14.6 Å². The molecule has 1 N–H and O–H groups in total. The highest BCUT2D eigenvalue weighted by molar-refractivity contribution is 5.60. The largest absolute Gasteiger partial charge is 0.573 e. The molecule has 0 radical (unpaired) electrons. The zero-order valence-corrected chi connectivity index (χ0v) is 17.3. The maximum atomic E-state index is 12.9. The lowest BCUT2D eigenvalue weighted by Gasteiger charge is -2.09. The molecule has 0 aliphatic heterocycles. The number of aromatic hydroxyl groups is 1. The standard InChI is InChI=1S/C23H18F3N3O4/c1-32-18-6-2-16(3-7-18)20-12-15(10-11-27-20)13-28-14-21(30)29(22(28)31)17-4-8-19(9-5-17)33-23(24,25)26/h2-12,14,30H,13H2,1H3. The first-order valence-electron chi connectivity index (χ1n) is 9.70. The molecule has 10 heteroatoms. The lowest BCUT2D eigenvalue weighted by atomic mass is 10.1. The van der Waals surface area contributed by atoms with E-state index in [9.17, 15) is 23.1 Å². The Labute approximate surface area is 185 Å². The van der Waals surface area contributed by atoms with Crippen molar-refractivity contribution in [2.24, 2.45) is 0 Å². The Morgan fingerprint density at radius 3 is 2.30 bits per heavy atom. The van der Waals surface area contributed by atoms with Crippen molar-refractivity contribution in [2.45, 2.75) is 12.9 Å². The monoisotopic (exact) mass is 457 g/mol. The maximum Gasteiger partial charge on any atom is 0.573 e. The molecule has 2 aromatic heterocycles. The molecule has 0 amide bonds. The second-order valence-corrected chi connectivity index (χ2v) is 7.05. The fraction of sp³-hybridized carbons (Fsp3) is 0.130. The summed E-state index contributed by atoms with van der Waals surface area (Å²) in [4.78, 5) is 17.2. The summed E-state index contributed by atoms with van der Waals surface area (Å²) in [5.41, 5.74) is 1.97. The molecule has 0 fully saturated rings. The molecule has 0 unspecified atom stereocenters. The average Bonchev–Trinajstić information content (AvgIpc) is 3.06. The quantitative estimate of drug-likeness (QED) is 0.466. The predicted molar refractivity (Wildman–Crippen MR) is 114 cm³/mol. The van der Waals surface area contributed by atoms with Crippen LogP contribution in [0.1, 0.15) is 5.56 Å². The van der Waals surface area contributed by atoms with Crippen LogP contribution < -0.4 is 15.2 Å². The van der Waals surface area contributed by atoms with Gasteiger partial charge in [0.05, 0.1) is 31.2 Å². The predicted octanol–water partition coefficient (Wildman–Crippen LogP) is 4.36. The highest BCUT2D eigenvalue weighted by Gasteiger charge is 2.31. The van der Waals surface area contributed by atoms with E-state index >= 15 is 0 Å². The van der Waals surface area contributed by atoms with Gasteiger partial charge in [0.25, 0.3) is 0 Å². The van der Waals surface area contributed by atoms with Crippen molar-refractivity contribution in [1.29, 1.82) is 0 Å². The maximum absolute atomic E-state index is 12.9. The molecule has 0 spiro atoms. The molecule has 0 saturated carbocycles. The summed E-state index contributed by atoms with van der Waals surface area (Å²) in [7, 11) is 1.58. The summed E-state index contributed by atoms with van der Waals surface area (Å²) in [6.07, 6.45) is -1.94. The summed E-state index contributed by atoms with van der Waals surface area (Å²) in [5.74, 6) is -0.0636. The van der Waals surface area contributed by atoms with E-state index in [0.717, 1.165) is 33.6 Å². The van der Waals surface area contributed by atoms with E-state index < -0.39 is 17.8 Å². The van der Waals surface area contributed by atoms with Crippen LogP contribution in [0.3, 0.4) is 0 Å². The third-order valence-electron chi connectivity index (χ3n) is 4.83. The molecular weight excluding hydrogens is 439 g/mol. The van der Waals surface area contributed by atoms with Crippen molar-refractivity contribution in [3.63, 3.8) is 0 Å². The van der Waals surface area contributed by atoms with Crippen molar-refractivity contribution < 1.29 is 27.8 Å². The topological polar surface area (TPSA) is 78.5 Å². The van der Waals surface area contributed by atoms with Gasteiger partial charge in [0.2, 0.25) is 5.88 Å². The first-order valence-corrected chi connectivity index (χ1v) is 9.70. The van der Waals surface area contributed by atoms with E-state index in [1.54, 1.807) is 19.4 Å². The Kier molecular flexibility index (Phi) is 5.82. The average molecular weight is 457 g/mol. The smallest absolute Gasteiger partial charge is 0.497 e. The van der Waals surface area contributed by atoms with Gasteiger partial charge in [-0.1, -0.05) is 0 Å². The summed E-state index contributed by atoms with van der Waals surface area (Å²) < 4.78 is 48.3. The van der Waals surface area contributed by atoms with Crippen LogP contribution in [0.2, 0.25) is 0 Å². The van der Waals surface area contributed by atoms with Crippen LogP contribution >= 0.6 is 0 Å². The van der Waals surface area contributed by atoms with E-state index in [1.165, 1.54) is 22.9 Å². The van der Waals surface area contributed by atoms with Gasteiger partial charge in [-0.25, -0.2) is 9.36 Å². The Balaban J connectivity index is 1.58. The second-order valence-electron chi connectivity index (χ2n) is 7.05. The minimum atomic E-state index is -4.82. The number of imidazole rings is 1. The van der Waals surface area contributed by atoms with Crippen molar-refractivity contribution >= 4 is 0 Å². The molecule has 2 aromatic carbocycles. The normalized spacial score (nSPS) is 11.4. The van der Waals surface area contributed by atoms with Crippen LogP contribution in [0, 0.1) is 0 Å². The number of benzene rings is 2. The fourth-order valence-corrected chi connectivity index (χ4v) is 3.32. The van der Waals surface area contributed by atoms with Crippen molar-refractivity contribution in [3.05, 3.63) is 89.1 Å². The second kappa shape index (κ2) is 8.73. The van der Waals surface area contributed by atoms with Crippen molar-refractivity contribution in [1.82, 2.24) is 14.1 Å². The Morgan fingerprint density at radius 2 is 1.67 bits per heavy atom. The molecule has 0 bridgehead atoms. The number of methoxy groups -OCH3 is 1. The first-order chi connectivity index (χ1) is 15.7. The number of rotatable bonds is 6. The van der Waals surface area contributed by atoms with Gasteiger partial charge >= 0.3 is 12.1 Å². The third-order valence-corrected chi connectivity index (χ3v) is 4.83. The van der Waals surface area contributed by atoms with Crippen LogP contribution in [0.25, 0.3) is 16.9 Å². The van der Waals surface area contributed by atoms with Gasteiger partial charge in [0.1, 0.15) is 11.5 Å². The molecular formula is C23H18F3N3O4. The van der Waals surface area contributed by atoms with Gasteiger partial charge in [-0.2, -0.15) is 0 Å². The number of ether oxygens (including phenoxy) is 2. The summed E-state index contributed by atoms with van der Waals surface area (Å²) >= 11 is 0. The number of nitrogens with zero attached hydrogens (tertiary/aromatic N) is 3. The first kappa shape index (κ1) is 22.0. The summed E-state index contributed by atoms with van der Waals surface area (Å²) in [5, 5.41) is 10.3. The molecule has 0 aliphatic carbocycles. The lowest BCUT2D eigenvalue weighted by Crippen LogP contribution is -2.23. The Bertz CT molecular complexity index is 1310. The van der Waals surface area contributed by atoms with Crippen molar-refractivity contribution in [3.8, 4) is 34.3 Å². The molecule has 4 rings (SSSR count). The minimum Gasteiger partial charge on any atom is -0.497 e. The molecule has 0 atom stereocenters. The molecule has 0 aliphatic rings. The highest BCUT2D eigenvalue weighted by atomic mass is 19.4. The highest BCUT2D eigenvalue weighted by Crippen LogP contribution is 2.25. The minimum absolute atomic E-state index is 0.153. The molecule has 33 heavy (non-hydrogen) atoms. The number of halogens is 3. The van der Waals surface area contributed by atoms with Gasteiger partial charge in [-0.15, -0.1) is 13.2 Å². The number of pyridine rings is 1. The molecule has 7 nitrogen and oxygen atoms in total. The van der Waals surface area contributed by atoms with Crippen molar-refractivity contribution in [2.75, 3.05) is 7.11 Å². The van der Waals surface area contributed by atoms with E-state index in [0.29, 0.717) is 5.69 Å². The van der Waals surface area contributed by atoms with Crippen LogP contribution in [0.4, 0.5) is 13.2 Å². The zero-order chi connectivity index (χ0) is 23.6. The van der Waals surface area contributed by atoms with Crippen LogP contribution in [0.15, 0.2) is 77.9 Å². The number of hydrogen-bond acceptors (Lipinski definition) is 5. The molecule has 4 aromatic rings. The lowest BCUT2D eigenvalue weighted by molar-refractivity contribution is -0.274. The van der Waals surface area contributed by atoms with Gasteiger partial charge in [-0.3, -0.25) is 9.55 Å². The molecule has 2 heterocycles. The number of alkyl halides is 3. The summed E-state index contributed by atoms with van der Waals surface area (Å²) in [6, 6.07) is 15.6. The van der Waals surface area contributed by atoms with E-state index in [-0.39, 0.29) is 18.1 Å². The van der Waals surface area contributed by atoms with Gasteiger partial charge in [0.15, 0.2) is 0 Å². The Morgan fingerprint density at radius 1 is 1.00 bits per heavy atom. The summed E-state index contributed by atoms with van der Waals surface area (Å²) in [6.45, 7) is 0.153. The van der Waals surface area contributed by atoms with Crippen LogP contribution in [-0.2, 0) is 6.54 Å².